The summed E-state index contributed by atoms with van der Waals surface area (Å²) in [7, 11) is 2.28. The Kier molecular flexibility index (Phi) is 3.45. The summed E-state index contributed by atoms with van der Waals surface area (Å²) in [6, 6.07) is 1.73. The Morgan fingerprint density at radius 1 is 1.21 bits per heavy atom. The van der Waals surface area contributed by atoms with Gasteiger partial charge in [-0.3, -0.25) is 0 Å². The van der Waals surface area contributed by atoms with E-state index < -0.39 is 0 Å². The first-order chi connectivity index (χ1) is 6.75. The molecule has 2 aliphatic rings. The van der Waals surface area contributed by atoms with E-state index in [0.29, 0.717) is 0 Å². The Hall–Kier alpha value is -0.0800. The highest BCUT2D eigenvalue weighted by Crippen LogP contribution is 2.25. The molecule has 1 heterocycles. The van der Waals surface area contributed by atoms with E-state index in [1.54, 1.807) is 0 Å². The fourth-order valence-corrected chi connectivity index (χ4v) is 2.36. The Bertz CT molecular complexity index is 169. The summed E-state index contributed by atoms with van der Waals surface area (Å²) in [5, 5.41) is 3.66. The molecule has 1 saturated carbocycles. The lowest BCUT2D eigenvalue weighted by Crippen LogP contribution is -2.40. The third kappa shape index (κ3) is 2.96. The molecule has 1 unspecified atom stereocenters. The van der Waals surface area contributed by atoms with Gasteiger partial charge in [0.1, 0.15) is 0 Å². The van der Waals surface area contributed by atoms with E-state index in [1.807, 2.05) is 0 Å². The first-order valence-corrected chi connectivity index (χ1v) is 6.19. The minimum atomic E-state index is 0.799. The topological polar surface area (TPSA) is 15.3 Å². The Labute approximate surface area is 88.1 Å². The average Bonchev–Trinajstić information content (AvgIpc) is 3.00. The summed E-state index contributed by atoms with van der Waals surface area (Å²) in [6.07, 6.45) is 7.03. The van der Waals surface area contributed by atoms with E-state index in [9.17, 15) is 0 Å². The number of hydrogen-bond acceptors (Lipinski definition) is 2. The fraction of sp³-hybridized carbons (Fsp3) is 1.00. The highest BCUT2D eigenvalue weighted by Gasteiger charge is 2.26. The molecule has 1 saturated heterocycles. The minimum Gasteiger partial charge on any atom is -0.314 e. The lowest BCUT2D eigenvalue weighted by molar-refractivity contribution is 0.261. The van der Waals surface area contributed by atoms with E-state index in [1.165, 1.54) is 45.2 Å². The summed E-state index contributed by atoms with van der Waals surface area (Å²) < 4.78 is 0. The number of rotatable bonds is 4. The average molecular weight is 196 g/mol. The smallest absolute Gasteiger partial charge is 0.00933 e. The molecule has 0 aromatic carbocycles. The quantitative estimate of drug-likeness (QED) is 0.738. The molecule has 82 valence electrons. The standard InChI is InChI=1S/C12H24N2/c1-10-3-4-11(13-9-10)7-8-14(2)12-5-6-12/h10-13H,3-9H2,1-2H3/t10?,11-/m1/s1. The van der Waals surface area contributed by atoms with Crippen LogP contribution in [0.25, 0.3) is 0 Å². The van der Waals surface area contributed by atoms with E-state index in [-0.39, 0.29) is 0 Å². The van der Waals surface area contributed by atoms with Crippen molar-refractivity contribution in [3.63, 3.8) is 0 Å². The van der Waals surface area contributed by atoms with E-state index in [4.69, 9.17) is 0 Å². The molecule has 14 heavy (non-hydrogen) atoms. The van der Waals surface area contributed by atoms with Gasteiger partial charge in [-0.05, 0) is 58.2 Å². The maximum Gasteiger partial charge on any atom is 0.00933 e. The van der Waals surface area contributed by atoms with Crippen LogP contribution in [0.5, 0.6) is 0 Å². The molecule has 0 amide bonds. The second-order valence-electron chi connectivity index (χ2n) is 5.29. The van der Waals surface area contributed by atoms with E-state index in [2.05, 4.69) is 24.2 Å². The number of hydrogen-bond donors (Lipinski definition) is 1. The van der Waals surface area contributed by atoms with Crippen LogP contribution >= 0.6 is 0 Å². The maximum absolute atomic E-state index is 3.66. The molecule has 2 fully saturated rings. The monoisotopic (exact) mass is 196 g/mol. The molecule has 1 aliphatic heterocycles. The van der Waals surface area contributed by atoms with Gasteiger partial charge in [-0.15, -0.1) is 0 Å². The lowest BCUT2D eigenvalue weighted by atomic mass is 9.95. The first-order valence-electron chi connectivity index (χ1n) is 6.19. The van der Waals surface area contributed by atoms with Crippen LogP contribution in [-0.4, -0.2) is 37.1 Å². The molecule has 2 atom stereocenters. The van der Waals surface area contributed by atoms with Crippen molar-refractivity contribution in [3.8, 4) is 0 Å². The van der Waals surface area contributed by atoms with Crippen LogP contribution in [0.1, 0.15) is 39.0 Å². The van der Waals surface area contributed by atoms with E-state index in [0.717, 1.165) is 18.0 Å². The van der Waals surface area contributed by atoms with Gasteiger partial charge in [-0.2, -0.15) is 0 Å². The summed E-state index contributed by atoms with van der Waals surface area (Å²) in [5.41, 5.74) is 0. The summed E-state index contributed by atoms with van der Waals surface area (Å²) in [5.74, 6) is 0.896. The van der Waals surface area contributed by atoms with Gasteiger partial charge in [0.2, 0.25) is 0 Å². The Balaban J connectivity index is 1.60. The molecular formula is C12H24N2. The molecule has 0 aromatic heterocycles. The molecule has 0 bridgehead atoms. The van der Waals surface area contributed by atoms with Gasteiger partial charge < -0.3 is 10.2 Å². The Morgan fingerprint density at radius 3 is 2.57 bits per heavy atom. The summed E-state index contributed by atoms with van der Waals surface area (Å²) in [4.78, 5) is 2.54. The third-order valence-electron chi connectivity index (χ3n) is 3.76. The predicted octanol–water partition coefficient (Wildman–Crippen LogP) is 1.86. The van der Waals surface area contributed by atoms with Gasteiger partial charge in [0, 0.05) is 12.1 Å². The first kappa shape index (κ1) is 10.4. The number of nitrogens with one attached hydrogen (secondary N) is 1. The minimum absolute atomic E-state index is 0.799. The highest BCUT2D eigenvalue weighted by atomic mass is 15.2. The number of piperidine rings is 1. The van der Waals surface area contributed by atoms with Gasteiger partial charge in [-0.1, -0.05) is 6.92 Å². The molecule has 0 spiro atoms. The summed E-state index contributed by atoms with van der Waals surface area (Å²) in [6.45, 7) is 4.87. The normalized spacial score (nSPS) is 33.6. The zero-order valence-corrected chi connectivity index (χ0v) is 9.63. The van der Waals surface area contributed by atoms with Crippen molar-refractivity contribution in [1.29, 1.82) is 0 Å². The van der Waals surface area contributed by atoms with Crippen LogP contribution in [0.4, 0.5) is 0 Å². The van der Waals surface area contributed by atoms with Crippen molar-refractivity contribution in [2.45, 2.75) is 51.1 Å². The molecule has 2 rings (SSSR count). The molecule has 2 nitrogen and oxygen atoms in total. The molecule has 1 aliphatic carbocycles. The van der Waals surface area contributed by atoms with Crippen molar-refractivity contribution >= 4 is 0 Å². The Morgan fingerprint density at radius 2 is 2.00 bits per heavy atom. The van der Waals surface area contributed by atoms with Crippen LogP contribution in [0.3, 0.4) is 0 Å². The van der Waals surface area contributed by atoms with Crippen LogP contribution in [0.2, 0.25) is 0 Å². The van der Waals surface area contributed by atoms with Crippen LogP contribution < -0.4 is 5.32 Å². The van der Waals surface area contributed by atoms with Crippen molar-refractivity contribution < 1.29 is 0 Å². The van der Waals surface area contributed by atoms with Crippen LogP contribution in [0, 0.1) is 5.92 Å². The SMILES string of the molecule is CC1CC[C@H](CCN(C)C2CC2)NC1. The van der Waals surface area contributed by atoms with Crippen molar-refractivity contribution in [1.82, 2.24) is 10.2 Å². The van der Waals surface area contributed by atoms with Gasteiger partial charge in [-0.25, -0.2) is 0 Å². The van der Waals surface area contributed by atoms with Gasteiger partial charge in [0.05, 0.1) is 0 Å². The molecule has 1 N–H and O–H groups in total. The zero-order valence-electron chi connectivity index (χ0n) is 9.63. The molecule has 0 radical (unpaired) electrons. The van der Waals surface area contributed by atoms with Crippen molar-refractivity contribution in [3.05, 3.63) is 0 Å². The largest absolute Gasteiger partial charge is 0.314 e. The highest BCUT2D eigenvalue weighted by molar-refractivity contribution is 4.84. The van der Waals surface area contributed by atoms with Crippen LogP contribution in [0.15, 0.2) is 0 Å². The van der Waals surface area contributed by atoms with Crippen LogP contribution in [-0.2, 0) is 0 Å². The maximum atomic E-state index is 3.66. The third-order valence-corrected chi connectivity index (χ3v) is 3.76. The van der Waals surface area contributed by atoms with Gasteiger partial charge in [0.15, 0.2) is 0 Å². The summed E-state index contributed by atoms with van der Waals surface area (Å²) >= 11 is 0. The van der Waals surface area contributed by atoms with Gasteiger partial charge >= 0.3 is 0 Å². The van der Waals surface area contributed by atoms with Crippen molar-refractivity contribution in [2.24, 2.45) is 5.92 Å². The predicted molar refractivity (Wildman–Crippen MR) is 60.5 cm³/mol. The van der Waals surface area contributed by atoms with Crippen molar-refractivity contribution in [2.75, 3.05) is 20.1 Å². The van der Waals surface area contributed by atoms with Gasteiger partial charge in [0.25, 0.3) is 0 Å². The lowest BCUT2D eigenvalue weighted by Gasteiger charge is -2.29. The second kappa shape index (κ2) is 4.63. The number of nitrogens with zero attached hydrogens (tertiary/aromatic N) is 1. The second-order valence-corrected chi connectivity index (χ2v) is 5.29. The fourth-order valence-electron chi connectivity index (χ4n) is 2.36. The van der Waals surface area contributed by atoms with E-state index >= 15 is 0 Å². The zero-order chi connectivity index (χ0) is 9.97. The molecule has 0 aromatic rings. The molecular weight excluding hydrogens is 172 g/mol. The molecule has 2 heteroatoms.